The highest BCUT2D eigenvalue weighted by Gasteiger charge is 2.28. The second kappa shape index (κ2) is 10.5. The minimum Gasteiger partial charge on any atom is -0.481 e. The van der Waals surface area contributed by atoms with Crippen LogP contribution in [0.2, 0.25) is 0 Å². The van der Waals surface area contributed by atoms with E-state index in [1.807, 2.05) is 66.4 Å². The maximum Gasteiger partial charge on any atom is 0.303 e. The fourth-order valence-electron chi connectivity index (χ4n) is 4.55. The quantitative estimate of drug-likeness (QED) is 0.558. The predicted molar refractivity (Wildman–Crippen MR) is 130 cm³/mol. The Hall–Kier alpha value is -3.44. The number of carbonyl (C=O) groups is 2. The number of piperazine rings is 1. The van der Waals surface area contributed by atoms with Gasteiger partial charge in [-0.05, 0) is 36.1 Å². The number of carboxylic acids is 1. The fourth-order valence-corrected chi connectivity index (χ4v) is 4.55. The second-order valence-electron chi connectivity index (χ2n) is 8.60. The lowest BCUT2D eigenvalue weighted by Crippen LogP contribution is -2.49. The summed E-state index contributed by atoms with van der Waals surface area (Å²) < 4.78 is 0. The molecule has 0 unspecified atom stereocenters. The Bertz CT molecular complexity index is 1090. The standard InChI is InChI=1S/C28H30N2O3/c1-21-11-13-23(14-12-21)26(15-16-27(31)32)29-17-19-30(20-18-29)28(33)25-10-6-5-9-24(25)22-7-3-2-4-8-22/h2-14,26H,15-20H2,1H3,(H,31,32)/t26-/m0/s1. The molecule has 1 aliphatic heterocycles. The Morgan fingerprint density at radius 3 is 2.15 bits per heavy atom. The SMILES string of the molecule is Cc1ccc([C@H](CCC(=O)O)N2CCN(C(=O)c3ccccc3-c3ccccc3)CC2)cc1. The predicted octanol–water partition coefficient (Wildman–Crippen LogP) is 5.03. The molecule has 3 aromatic rings. The molecule has 1 amide bonds. The number of carboxylic acid groups (broad SMARTS) is 1. The number of hydrogen-bond acceptors (Lipinski definition) is 3. The topological polar surface area (TPSA) is 60.9 Å². The van der Waals surface area contributed by atoms with E-state index in [0.717, 1.165) is 35.3 Å². The normalized spacial score (nSPS) is 15.2. The first-order valence-electron chi connectivity index (χ1n) is 11.5. The molecule has 33 heavy (non-hydrogen) atoms. The van der Waals surface area contributed by atoms with Crippen molar-refractivity contribution in [2.45, 2.75) is 25.8 Å². The summed E-state index contributed by atoms with van der Waals surface area (Å²) in [5.41, 5.74) is 5.02. The molecular weight excluding hydrogens is 412 g/mol. The van der Waals surface area contributed by atoms with Gasteiger partial charge in [-0.3, -0.25) is 14.5 Å². The van der Waals surface area contributed by atoms with Crippen LogP contribution in [0, 0.1) is 6.92 Å². The Morgan fingerprint density at radius 1 is 0.848 bits per heavy atom. The Kier molecular flexibility index (Phi) is 7.20. The van der Waals surface area contributed by atoms with Crippen molar-refractivity contribution in [2.24, 2.45) is 0 Å². The van der Waals surface area contributed by atoms with Gasteiger partial charge in [0.25, 0.3) is 5.91 Å². The highest BCUT2D eigenvalue weighted by atomic mass is 16.4. The molecule has 1 saturated heterocycles. The van der Waals surface area contributed by atoms with Gasteiger partial charge in [-0.25, -0.2) is 0 Å². The van der Waals surface area contributed by atoms with Gasteiger partial charge in [0, 0.05) is 44.2 Å². The van der Waals surface area contributed by atoms with Gasteiger partial charge in [-0.1, -0.05) is 78.4 Å². The monoisotopic (exact) mass is 442 g/mol. The minimum atomic E-state index is -0.779. The van der Waals surface area contributed by atoms with E-state index in [0.29, 0.717) is 19.5 Å². The van der Waals surface area contributed by atoms with E-state index in [1.54, 1.807) is 0 Å². The van der Waals surface area contributed by atoms with E-state index in [4.69, 9.17) is 0 Å². The maximum absolute atomic E-state index is 13.4. The number of nitrogens with zero attached hydrogens (tertiary/aromatic N) is 2. The molecule has 1 atom stereocenters. The molecule has 3 aromatic carbocycles. The average Bonchev–Trinajstić information content (AvgIpc) is 2.85. The van der Waals surface area contributed by atoms with Gasteiger partial charge in [0.2, 0.25) is 0 Å². The summed E-state index contributed by atoms with van der Waals surface area (Å²) in [4.78, 5) is 28.9. The first-order valence-corrected chi connectivity index (χ1v) is 11.5. The van der Waals surface area contributed by atoms with Crippen LogP contribution in [-0.2, 0) is 4.79 Å². The van der Waals surface area contributed by atoms with Gasteiger partial charge < -0.3 is 10.0 Å². The number of hydrogen-bond donors (Lipinski definition) is 1. The zero-order chi connectivity index (χ0) is 23.2. The minimum absolute atomic E-state index is 0.0376. The van der Waals surface area contributed by atoms with Crippen molar-refractivity contribution in [3.63, 3.8) is 0 Å². The number of rotatable bonds is 7. The van der Waals surface area contributed by atoms with Gasteiger partial charge in [0.15, 0.2) is 0 Å². The highest BCUT2D eigenvalue weighted by Crippen LogP contribution is 2.29. The summed E-state index contributed by atoms with van der Waals surface area (Å²) >= 11 is 0. The van der Waals surface area contributed by atoms with Crippen LogP contribution in [0.1, 0.15) is 40.4 Å². The van der Waals surface area contributed by atoms with Crippen LogP contribution in [0.15, 0.2) is 78.9 Å². The van der Waals surface area contributed by atoms with Crippen LogP contribution >= 0.6 is 0 Å². The zero-order valence-corrected chi connectivity index (χ0v) is 19.0. The highest BCUT2D eigenvalue weighted by molar-refractivity contribution is 6.01. The van der Waals surface area contributed by atoms with Gasteiger partial charge >= 0.3 is 5.97 Å². The number of aryl methyl sites for hydroxylation is 1. The van der Waals surface area contributed by atoms with Crippen molar-refractivity contribution in [3.8, 4) is 11.1 Å². The van der Waals surface area contributed by atoms with Gasteiger partial charge in [-0.15, -0.1) is 0 Å². The summed E-state index contributed by atoms with van der Waals surface area (Å²) in [7, 11) is 0. The van der Waals surface area contributed by atoms with E-state index < -0.39 is 5.97 Å². The third-order valence-corrected chi connectivity index (χ3v) is 6.38. The number of carbonyl (C=O) groups excluding carboxylic acids is 1. The van der Waals surface area contributed by atoms with Crippen molar-refractivity contribution in [1.29, 1.82) is 0 Å². The average molecular weight is 443 g/mol. The number of aliphatic carboxylic acids is 1. The molecule has 0 aliphatic carbocycles. The molecule has 5 heteroatoms. The third-order valence-electron chi connectivity index (χ3n) is 6.38. The Morgan fingerprint density at radius 2 is 1.48 bits per heavy atom. The lowest BCUT2D eigenvalue weighted by Gasteiger charge is -2.39. The molecule has 0 radical (unpaired) electrons. The van der Waals surface area contributed by atoms with E-state index in [1.165, 1.54) is 5.56 Å². The van der Waals surface area contributed by atoms with Crippen LogP contribution in [0.4, 0.5) is 0 Å². The lowest BCUT2D eigenvalue weighted by molar-refractivity contribution is -0.137. The molecule has 1 fully saturated rings. The Balaban J connectivity index is 1.48. The van der Waals surface area contributed by atoms with E-state index >= 15 is 0 Å². The number of benzene rings is 3. The van der Waals surface area contributed by atoms with E-state index in [-0.39, 0.29) is 18.4 Å². The van der Waals surface area contributed by atoms with Crippen molar-refractivity contribution in [2.75, 3.05) is 26.2 Å². The van der Waals surface area contributed by atoms with Crippen LogP contribution in [0.3, 0.4) is 0 Å². The molecule has 0 saturated carbocycles. The summed E-state index contributed by atoms with van der Waals surface area (Å²) in [5, 5.41) is 9.24. The number of amides is 1. The van der Waals surface area contributed by atoms with Crippen LogP contribution in [-0.4, -0.2) is 53.0 Å². The second-order valence-corrected chi connectivity index (χ2v) is 8.60. The van der Waals surface area contributed by atoms with Crippen LogP contribution in [0.5, 0.6) is 0 Å². The van der Waals surface area contributed by atoms with Gasteiger partial charge in [0.1, 0.15) is 0 Å². The molecule has 170 valence electrons. The smallest absolute Gasteiger partial charge is 0.303 e. The largest absolute Gasteiger partial charge is 0.481 e. The fraction of sp³-hybridized carbons (Fsp3) is 0.286. The molecule has 0 bridgehead atoms. The first kappa shape index (κ1) is 22.7. The first-order chi connectivity index (χ1) is 16.0. The third kappa shape index (κ3) is 5.49. The van der Waals surface area contributed by atoms with Crippen molar-refractivity contribution >= 4 is 11.9 Å². The summed E-state index contributed by atoms with van der Waals surface area (Å²) in [5.74, 6) is -0.732. The molecule has 0 spiro atoms. The van der Waals surface area contributed by atoms with Crippen molar-refractivity contribution in [3.05, 3.63) is 95.6 Å². The molecule has 1 aliphatic rings. The summed E-state index contributed by atoms with van der Waals surface area (Å²) in [6.45, 7) is 4.73. The van der Waals surface area contributed by atoms with E-state index in [2.05, 4.69) is 29.2 Å². The molecule has 0 aromatic heterocycles. The molecule has 1 heterocycles. The maximum atomic E-state index is 13.4. The lowest BCUT2D eigenvalue weighted by atomic mass is 9.97. The zero-order valence-electron chi connectivity index (χ0n) is 19.0. The van der Waals surface area contributed by atoms with E-state index in [9.17, 15) is 14.7 Å². The molecule has 4 rings (SSSR count). The van der Waals surface area contributed by atoms with Crippen molar-refractivity contribution < 1.29 is 14.7 Å². The van der Waals surface area contributed by atoms with Crippen LogP contribution < -0.4 is 0 Å². The van der Waals surface area contributed by atoms with Crippen molar-refractivity contribution in [1.82, 2.24) is 9.80 Å². The summed E-state index contributed by atoms with van der Waals surface area (Å²) in [6.07, 6.45) is 0.686. The molecule has 5 nitrogen and oxygen atoms in total. The summed E-state index contributed by atoms with van der Waals surface area (Å²) in [6, 6.07) is 26.1. The molecular formula is C28H30N2O3. The molecule has 1 N–H and O–H groups in total. The van der Waals surface area contributed by atoms with Gasteiger partial charge in [0.05, 0.1) is 0 Å². The van der Waals surface area contributed by atoms with Crippen LogP contribution in [0.25, 0.3) is 11.1 Å². The Labute approximate surface area is 195 Å². The van der Waals surface area contributed by atoms with Gasteiger partial charge in [-0.2, -0.15) is 0 Å².